The van der Waals surface area contributed by atoms with Crippen LogP contribution in [0.15, 0.2) is 66.0 Å². The minimum atomic E-state index is -4.83. The molecule has 1 amide bonds. The van der Waals surface area contributed by atoms with Gasteiger partial charge in [-0.1, -0.05) is 23.2 Å². The molecule has 3 aromatic carbocycles. The lowest BCUT2D eigenvalue weighted by Crippen LogP contribution is -2.36. The molecule has 0 spiro atoms. The van der Waals surface area contributed by atoms with Gasteiger partial charge in [-0.15, -0.1) is 12.4 Å². The average molecular weight is 727 g/mol. The molecule has 2 N–H and O–H groups in total. The molecule has 0 saturated carbocycles. The smallest absolute Gasteiger partial charge is 0.416 e. The number of amides is 1. The third-order valence-corrected chi connectivity index (χ3v) is 7.76. The number of aromatic nitrogens is 8. The molecule has 0 aliphatic rings. The summed E-state index contributed by atoms with van der Waals surface area (Å²) in [5.74, 6) is -0.530. The van der Waals surface area contributed by atoms with E-state index >= 15 is 0 Å². The predicted molar refractivity (Wildman–Crippen MR) is 170 cm³/mol. The van der Waals surface area contributed by atoms with Gasteiger partial charge in [0, 0.05) is 18.3 Å². The Balaban J connectivity index is 0.00000451. The molecule has 3 aromatic heterocycles. The van der Waals surface area contributed by atoms with Crippen molar-refractivity contribution in [3.63, 3.8) is 0 Å². The zero-order chi connectivity index (χ0) is 33.5. The molecule has 6 rings (SSSR count). The van der Waals surface area contributed by atoms with Crippen LogP contribution >= 0.6 is 35.6 Å². The number of halogens is 7. The molecule has 250 valence electrons. The van der Waals surface area contributed by atoms with E-state index in [1.165, 1.54) is 48.9 Å². The van der Waals surface area contributed by atoms with Crippen molar-refractivity contribution in [2.45, 2.75) is 25.9 Å². The number of rotatable bonds is 9. The van der Waals surface area contributed by atoms with Gasteiger partial charge in [0.2, 0.25) is 5.91 Å². The summed E-state index contributed by atoms with van der Waals surface area (Å²) in [6.07, 6.45) is -2.32. The summed E-state index contributed by atoms with van der Waals surface area (Å²) in [6.45, 7) is -0.882. The highest BCUT2D eigenvalue weighted by molar-refractivity contribution is 6.37. The van der Waals surface area contributed by atoms with Gasteiger partial charge in [0.25, 0.3) is 0 Å². The van der Waals surface area contributed by atoms with Crippen LogP contribution < -0.4 is 15.3 Å². The number of aryl methyl sites for hydroxylation is 1. The Bertz CT molecular complexity index is 2110. The van der Waals surface area contributed by atoms with E-state index in [9.17, 15) is 27.2 Å². The summed E-state index contributed by atoms with van der Waals surface area (Å²) in [4.78, 5) is 36.5. The molecule has 0 aliphatic carbocycles. The van der Waals surface area contributed by atoms with Crippen molar-refractivity contribution in [1.29, 1.82) is 0 Å². The van der Waals surface area contributed by atoms with Crippen LogP contribution in [0.5, 0.6) is 5.75 Å². The number of nitrogens with one attached hydrogen (secondary N) is 2. The monoisotopic (exact) mass is 725 g/mol. The fourth-order valence-corrected chi connectivity index (χ4v) is 5.61. The van der Waals surface area contributed by atoms with E-state index in [1.807, 2.05) is 0 Å². The van der Waals surface area contributed by atoms with Crippen molar-refractivity contribution in [3.8, 4) is 16.9 Å². The molecule has 12 nitrogen and oxygen atoms in total. The first-order valence-corrected chi connectivity index (χ1v) is 14.3. The standard InChI is InChI=1S/C29H21Cl2F4N9O3.ClH/c1-42-26-19(15-6-20(30)27(21(31)7-15)47-12-24-37-14-39-41-24)8-16(29(33,34)35)9-22(26)44(28(42)46)11-25(45)43(10-23-36-13-38-40-23)18-4-2-17(32)3-5-18;/h2-9,13-14H,10-12H2,1H3,(H,36,38,40)(H,37,39,41);1H. The Labute approximate surface area is 283 Å². The molecule has 3 heterocycles. The van der Waals surface area contributed by atoms with Gasteiger partial charge in [-0.25, -0.2) is 19.2 Å². The van der Waals surface area contributed by atoms with Gasteiger partial charge >= 0.3 is 11.9 Å². The Kier molecular flexibility index (Phi) is 9.79. The molecule has 0 atom stereocenters. The number of aromatic amines is 2. The SMILES string of the molecule is Cl.Cn1c(=O)n(CC(=O)N(Cc2ncn[nH]2)c2ccc(F)cc2)c2cc(C(F)(F)F)cc(-c3cc(Cl)c(OCc4ncn[nH]4)c(Cl)c3)c21. The quantitative estimate of drug-likeness (QED) is 0.176. The molecular formula is C29H22Cl3F4N9O3. The van der Waals surface area contributed by atoms with Gasteiger partial charge < -0.3 is 9.64 Å². The van der Waals surface area contributed by atoms with Crippen molar-refractivity contribution in [2.75, 3.05) is 4.90 Å². The second-order valence-electron chi connectivity index (χ2n) is 10.2. The number of hydrogen-bond acceptors (Lipinski definition) is 7. The molecule has 0 fully saturated rings. The number of imidazole rings is 1. The summed E-state index contributed by atoms with van der Waals surface area (Å²) in [7, 11) is 1.37. The molecule has 0 bridgehead atoms. The van der Waals surface area contributed by atoms with E-state index in [2.05, 4.69) is 30.4 Å². The van der Waals surface area contributed by atoms with Gasteiger partial charge in [0.05, 0.1) is 33.2 Å². The number of hydrogen-bond donors (Lipinski definition) is 2. The second kappa shape index (κ2) is 13.7. The summed E-state index contributed by atoms with van der Waals surface area (Å²) in [6, 6.07) is 9.37. The maximum Gasteiger partial charge on any atom is 0.416 e. The Morgan fingerprint density at radius 2 is 1.60 bits per heavy atom. The number of benzene rings is 3. The lowest BCUT2D eigenvalue weighted by molar-refractivity contribution is -0.137. The summed E-state index contributed by atoms with van der Waals surface area (Å²) in [5.41, 5.74) is -1.55. The maximum atomic E-state index is 14.3. The molecule has 0 unspecified atom stereocenters. The molecule has 48 heavy (non-hydrogen) atoms. The first-order chi connectivity index (χ1) is 22.4. The van der Waals surface area contributed by atoms with E-state index in [0.717, 1.165) is 33.4 Å². The number of carbonyl (C=O) groups is 1. The molecule has 0 radical (unpaired) electrons. The van der Waals surface area contributed by atoms with E-state index in [4.69, 9.17) is 27.9 Å². The zero-order valence-corrected chi connectivity index (χ0v) is 26.8. The van der Waals surface area contributed by atoms with Crippen LogP contribution in [0.25, 0.3) is 22.2 Å². The predicted octanol–water partition coefficient (Wildman–Crippen LogP) is 5.94. The minimum absolute atomic E-state index is 0. The number of alkyl halides is 3. The summed E-state index contributed by atoms with van der Waals surface area (Å²) in [5, 5.41) is 12.7. The van der Waals surface area contributed by atoms with Gasteiger partial charge in [-0.05, 0) is 54.1 Å². The van der Waals surface area contributed by atoms with Crippen LogP contribution in [0.4, 0.5) is 23.2 Å². The van der Waals surface area contributed by atoms with Crippen LogP contribution in [0.2, 0.25) is 10.0 Å². The number of nitrogens with zero attached hydrogens (tertiary/aromatic N) is 7. The number of ether oxygens (including phenoxy) is 1. The van der Waals surface area contributed by atoms with Gasteiger partial charge in [0.15, 0.2) is 11.6 Å². The largest absolute Gasteiger partial charge is 0.482 e. The molecule has 6 aromatic rings. The van der Waals surface area contributed by atoms with Crippen molar-refractivity contribution in [3.05, 3.63) is 105 Å². The second-order valence-corrected chi connectivity index (χ2v) is 11.0. The maximum absolute atomic E-state index is 14.3. The van der Waals surface area contributed by atoms with Crippen LogP contribution in [-0.4, -0.2) is 45.4 Å². The molecule has 0 aliphatic heterocycles. The average Bonchev–Trinajstić information content (AvgIpc) is 3.79. The van der Waals surface area contributed by atoms with Crippen LogP contribution in [0.1, 0.15) is 17.2 Å². The fraction of sp³-hybridized carbons (Fsp3) is 0.172. The van der Waals surface area contributed by atoms with Crippen molar-refractivity contribution < 1.29 is 27.1 Å². The Morgan fingerprint density at radius 3 is 2.19 bits per heavy atom. The van der Waals surface area contributed by atoms with Crippen LogP contribution in [0, 0.1) is 5.82 Å². The Morgan fingerprint density at radius 1 is 0.979 bits per heavy atom. The van der Waals surface area contributed by atoms with Crippen molar-refractivity contribution in [1.82, 2.24) is 39.5 Å². The van der Waals surface area contributed by atoms with Crippen molar-refractivity contribution >= 4 is 58.2 Å². The normalized spacial score (nSPS) is 11.5. The first-order valence-electron chi connectivity index (χ1n) is 13.6. The summed E-state index contributed by atoms with van der Waals surface area (Å²) < 4.78 is 64.2. The zero-order valence-electron chi connectivity index (χ0n) is 24.4. The van der Waals surface area contributed by atoms with Crippen molar-refractivity contribution in [2.24, 2.45) is 7.05 Å². The highest BCUT2D eigenvalue weighted by Crippen LogP contribution is 2.42. The van der Waals surface area contributed by atoms with Crippen LogP contribution in [0.3, 0.4) is 0 Å². The van der Waals surface area contributed by atoms with Gasteiger partial charge in [-0.2, -0.15) is 23.4 Å². The van der Waals surface area contributed by atoms with Gasteiger partial charge in [0.1, 0.15) is 37.4 Å². The van der Waals surface area contributed by atoms with E-state index in [-0.39, 0.29) is 75.0 Å². The summed E-state index contributed by atoms with van der Waals surface area (Å²) >= 11 is 12.9. The molecular weight excluding hydrogens is 705 g/mol. The third kappa shape index (κ3) is 6.86. The first kappa shape index (κ1) is 34.4. The highest BCUT2D eigenvalue weighted by atomic mass is 35.5. The molecule has 19 heteroatoms. The third-order valence-electron chi connectivity index (χ3n) is 7.19. The number of H-pyrrole nitrogens is 2. The van der Waals surface area contributed by atoms with E-state index in [1.54, 1.807) is 0 Å². The van der Waals surface area contributed by atoms with E-state index in [0.29, 0.717) is 5.82 Å². The highest BCUT2D eigenvalue weighted by Gasteiger charge is 2.33. The fourth-order valence-electron chi connectivity index (χ4n) is 5.01. The number of anilines is 1. The van der Waals surface area contributed by atoms with Gasteiger partial charge in [-0.3, -0.25) is 24.1 Å². The number of carbonyl (C=O) groups excluding carboxylic acids is 1. The lowest BCUT2D eigenvalue weighted by atomic mass is 10.00. The minimum Gasteiger partial charge on any atom is -0.482 e. The topological polar surface area (TPSA) is 140 Å². The Hall–Kier alpha value is -4.93. The van der Waals surface area contributed by atoms with E-state index < -0.39 is 35.7 Å². The lowest BCUT2D eigenvalue weighted by Gasteiger charge is -2.22. The van der Waals surface area contributed by atoms with Crippen LogP contribution in [-0.2, 0) is 37.7 Å². The number of fused-ring (bicyclic) bond motifs is 1. The molecule has 0 saturated heterocycles.